The number of rotatable bonds is 8. The molecule has 1 aromatic carbocycles. The summed E-state index contributed by atoms with van der Waals surface area (Å²) in [6, 6.07) is 12.2. The highest BCUT2D eigenvalue weighted by atomic mass is 35.5. The molecule has 0 saturated carbocycles. The van der Waals surface area contributed by atoms with Gasteiger partial charge in [-0.3, -0.25) is 4.79 Å². The number of amides is 1. The first kappa shape index (κ1) is 18.4. The molecule has 0 spiro atoms. The molecule has 2 aromatic heterocycles. The number of hydrogen-bond donors (Lipinski definition) is 0. The minimum atomic E-state index is -0.0714. The number of halogens is 2. The molecule has 0 atom stereocenters. The summed E-state index contributed by atoms with van der Waals surface area (Å²) in [6.07, 6.45) is 3.37. The van der Waals surface area contributed by atoms with E-state index in [2.05, 4.69) is 0 Å². The number of ether oxygens (including phenoxy) is 1. The third-order valence-corrected chi connectivity index (χ3v) is 4.42. The number of carbonyl (C=O) groups excluding carboxylic acids is 1. The van der Waals surface area contributed by atoms with E-state index in [1.807, 2.05) is 12.1 Å². The third kappa shape index (κ3) is 5.07. The van der Waals surface area contributed by atoms with E-state index in [-0.39, 0.29) is 18.9 Å². The van der Waals surface area contributed by atoms with Crippen molar-refractivity contribution in [1.29, 1.82) is 0 Å². The topological polar surface area (TPSA) is 55.8 Å². The van der Waals surface area contributed by atoms with Crippen molar-refractivity contribution in [2.45, 2.75) is 19.5 Å². The van der Waals surface area contributed by atoms with Crippen LogP contribution in [0.4, 0.5) is 0 Å². The van der Waals surface area contributed by atoms with Gasteiger partial charge < -0.3 is 18.5 Å². The lowest BCUT2D eigenvalue weighted by Gasteiger charge is -2.20. The van der Waals surface area contributed by atoms with Gasteiger partial charge in [-0.05, 0) is 36.4 Å². The summed E-state index contributed by atoms with van der Waals surface area (Å²) in [6.45, 7) is 0.947. The molecule has 0 fully saturated rings. The second-order valence-corrected chi connectivity index (χ2v) is 6.40. The maximum atomic E-state index is 12.6. The minimum absolute atomic E-state index is 0.0714. The molecule has 0 N–H and O–H groups in total. The Morgan fingerprint density at radius 3 is 2.15 bits per heavy atom. The molecule has 0 saturated heterocycles. The largest absolute Gasteiger partial charge is 0.493 e. The average molecular weight is 394 g/mol. The summed E-state index contributed by atoms with van der Waals surface area (Å²) in [7, 11) is 0. The van der Waals surface area contributed by atoms with Crippen molar-refractivity contribution in [2.75, 3.05) is 6.61 Å². The fraction of sp³-hybridized carbons (Fsp3) is 0.211. The molecule has 0 aliphatic carbocycles. The van der Waals surface area contributed by atoms with Gasteiger partial charge in [0.15, 0.2) is 0 Å². The van der Waals surface area contributed by atoms with Gasteiger partial charge in [0.2, 0.25) is 5.91 Å². The molecule has 0 aliphatic heterocycles. The Morgan fingerprint density at radius 2 is 1.62 bits per heavy atom. The first-order chi connectivity index (χ1) is 12.6. The van der Waals surface area contributed by atoms with Crippen LogP contribution in [0.5, 0.6) is 5.75 Å². The van der Waals surface area contributed by atoms with Gasteiger partial charge in [0.25, 0.3) is 0 Å². The van der Waals surface area contributed by atoms with Gasteiger partial charge in [0, 0.05) is 6.07 Å². The zero-order valence-electron chi connectivity index (χ0n) is 13.9. The molecule has 136 valence electrons. The van der Waals surface area contributed by atoms with Gasteiger partial charge in [0.05, 0.1) is 48.7 Å². The zero-order valence-corrected chi connectivity index (χ0v) is 15.4. The number of nitrogens with zero attached hydrogens (tertiary/aromatic N) is 1. The van der Waals surface area contributed by atoms with Crippen LogP contribution in [-0.2, 0) is 17.9 Å². The molecule has 0 radical (unpaired) electrons. The molecular formula is C19H17Cl2NO4. The Balaban J connectivity index is 1.58. The van der Waals surface area contributed by atoms with Crippen LogP contribution < -0.4 is 4.74 Å². The molecule has 5 nitrogen and oxygen atoms in total. The highest BCUT2D eigenvalue weighted by Crippen LogP contribution is 2.26. The van der Waals surface area contributed by atoms with E-state index in [0.717, 1.165) is 0 Å². The number of carbonyl (C=O) groups is 1. The van der Waals surface area contributed by atoms with Crippen molar-refractivity contribution in [3.8, 4) is 5.75 Å². The second-order valence-electron chi connectivity index (χ2n) is 5.58. The fourth-order valence-electron chi connectivity index (χ4n) is 2.39. The molecule has 3 aromatic rings. The molecule has 0 unspecified atom stereocenters. The van der Waals surface area contributed by atoms with E-state index in [1.54, 1.807) is 47.8 Å². The maximum Gasteiger partial charge on any atom is 0.226 e. The molecule has 0 aliphatic rings. The molecular weight excluding hydrogens is 377 g/mol. The third-order valence-electron chi connectivity index (χ3n) is 3.68. The van der Waals surface area contributed by atoms with E-state index in [4.69, 9.17) is 36.8 Å². The lowest BCUT2D eigenvalue weighted by molar-refractivity contribution is -0.133. The average Bonchev–Trinajstić information content (AvgIpc) is 3.31. The first-order valence-corrected chi connectivity index (χ1v) is 8.78. The summed E-state index contributed by atoms with van der Waals surface area (Å²) < 4.78 is 16.3. The predicted octanol–water partition coefficient (Wildman–Crippen LogP) is 5.18. The monoisotopic (exact) mass is 393 g/mol. The van der Waals surface area contributed by atoms with E-state index in [1.165, 1.54) is 0 Å². The Bertz CT molecular complexity index is 795. The smallest absolute Gasteiger partial charge is 0.226 e. The van der Waals surface area contributed by atoms with Crippen LogP contribution in [0.2, 0.25) is 10.0 Å². The minimum Gasteiger partial charge on any atom is -0.493 e. The predicted molar refractivity (Wildman–Crippen MR) is 98.2 cm³/mol. The molecule has 26 heavy (non-hydrogen) atoms. The van der Waals surface area contributed by atoms with Gasteiger partial charge in [0.1, 0.15) is 17.3 Å². The summed E-state index contributed by atoms with van der Waals surface area (Å²) in [5.41, 5.74) is 0. The lowest BCUT2D eigenvalue weighted by Crippen LogP contribution is -2.30. The maximum absolute atomic E-state index is 12.6. The van der Waals surface area contributed by atoms with Gasteiger partial charge in [-0.1, -0.05) is 23.2 Å². The molecule has 3 rings (SSSR count). The molecule has 0 bridgehead atoms. The number of benzene rings is 1. The SMILES string of the molecule is O=C(CCOc1ccc(Cl)c(Cl)c1)N(Cc1ccco1)Cc1ccco1. The standard InChI is InChI=1S/C19H17Cl2NO4/c20-17-6-5-14(11-18(17)21)26-10-7-19(23)22(12-15-3-1-8-24-15)13-16-4-2-9-25-16/h1-6,8-9,11H,7,10,12-13H2. The van der Waals surface area contributed by atoms with Crippen LogP contribution in [0.1, 0.15) is 17.9 Å². The van der Waals surface area contributed by atoms with Crippen LogP contribution in [0.15, 0.2) is 63.8 Å². The summed E-state index contributed by atoms with van der Waals surface area (Å²) in [4.78, 5) is 14.3. The van der Waals surface area contributed by atoms with Crippen molar-refractivity contribution < 1.29 is 18.4 Å². The van der Waals surface area contributed by atoms with Crippen molar-refractivity contribution in [3.63, 3.8) is 0 Å². The van der Waals surface area contributed by atoms with Crippen molar-refractivity contribution in [2.24, 2.45) is 0 Å². The number of hydrogen-bond acceptors (Lipinski definition) is 4. The van der Waals surface area contributed by atoms with Crippen molar-refractivity contribution in [1.82, 2.24) is 4.90 Å². The van der Waals surface area contributed by atoms with E-state index >= 15 is 0 Å². The van der Waals surface area contributed by atoms with Gasteiger partial charge >= 0.3 is 0 Å². The summed E-state index contributed by atoms with van der Waals surface area (Å²) in [5, 5.41) is 0.867. The summed E-state index contributed by atoms with van der Waals surface area (Å²) in [5.74, 6) is 1.90. The Labute approximate surface area is 161 Å². The van der Waals surface area contributed by atoms with Crippen LogP contribution in [0.3, 0.4) is 0 Å². The zero-order chi connectivity index (χ0) is 18.4. The van der Waals surface area contributed by atoms with Crippen LogP contribution >= 0.6 is 23.2 Å². The highest BCUT2D eigenvalue weighted by Gasteiger charge is 2.17. The quantitative estimate of drug-likeness (QED) is 0.529. The van der Waals surface area contributed by atoms with Crippen LogP contribution in [0.25, 0.3) is 0 Å². The van der Waals surface area contributed by atoms with Crippen molar-refractivity contribution in [3.05, 3.63) is 76.6 Å². The van der Waals surface area contributed by atoms with Crippen LogP contribution in [-0.4, -0.2) is 17.4 Å². The summed E-state index contributed by atoms with van der Waals surface area (Å²) >= 11 is 11.8. The molecule has 2 heterocycles. The first-order valence-electron chi connectivity index (χ1n) is 8.02. The number of furan rings is 2. The molecule has 7 heteroatoms. The van der Waals surface area contributed by atoms with Gasteiger partial charge in [-0.15, -0.1) is 0 Å². The Kier molecular flexibility index (Phi) is 6.26. The Morgan fingerprint density at radius 1 is 0.962 bits per heavy atom. The van der Waals surface area contributed by atoms with Gasteiger partial charge in [-0.2, -0.15) is 0 Å². The second kappa shape index (κ2) is 8.83. The van der Waals surface area contributed by atoms with Crippen molar-refractivity contribution >= 4 is 29.1 Å². The van der Waals surface area contributed by atoms with E-state index < -0.39 is 0 Å². The van der Waals surface area contributed by atoms with Crippen LogP contribution in [0, 0.1) is 0 Å². The van der Waals surface area contributed by atoms with E-state index in [9.17, 15) is 4.79 Å². The fourth-order valence-corrected chi connectivity index (χ4v) is 2.68. The normalized spacial score (nSPS) is 10.7. The van der Waals surface area contributed by atoms with E-state index in [0.29, 0.717) is 40.4 Å². The Hall–Kier alpha value is -2.37. The van der Waals surface area contributed by atoms with Gasteiger partial charge in [-0.25, -0.2) is 0 Å². The molecule has 1 amide bonds. The highest BCUT2D eigenvalue weighted by molar-refractivity contribution is 6.42. The lowest BCUT2D eigenvalue weighted by atomic mass is 10.3.